The highest BCUT2D eigenvalue weighted by atomic mass is 15.1. The van der Waals surface area contributed by atoms with Gasteiger partial charge in [0.15, 0.2) is 0 Å². The zero-order chi connectivity index (χ0) is 23.0. The molecule has 0 amide bonds. The van der Waals surface area contributed by atoms with Crippen LogP contribution in [0.15, 0.2) is 140 Å². The van der Waals surface area contributed by atoms with Crippen molar-refractivity contribution in [1.82, 2.24) is 0 Å². The smallest absolute Gasteiger partial charge is 0.0668 e. The van der Waals surface area contributed by atoms with Gasteiger partial charge in [-0.15, -0.1) is 0 Å². The van der Waals surface area contributed by atoms with Crippen molar-refractivity contribution in [2.75, 3.05) is 4.90 Å². The Morgan fingerprint density at radius 1 is 0.667 bits per heavy atom. The summed E-state index contributed by atoms with van der Waals surface area (Å²) >= 11 is 0. The van der Waals surface area contributed by atoms with Gasteiger partial charge >= 0.3 is 0 Å². The zero-order valence-corrected chi connectivity index (χ0v) is 19.0. The molecule has 1 aliphatic carbocycles. The summed E-state index contributed by atoms with van der Waals surface area (Å²) in [7, 11) is 0. The summed E-state index contributed by atoms with van der Waals surface area (Å²) in [6, 6.07) is 36.5. The van der Waals surface area contributed by atoms with Gasteiger partial charge in [0.1, 0.15) is 0 Å². The second-order valence-electron chi connectivity index (χ2n) is 8.53. The van der Waals surface area contributed by atoms with Gasteiger partial charge in [-0.1, -0.05) is 104 Å². The number of fused-ring (bicyclic) bond motifs is 3. The molecule has 0 unspecified atom stereocenters. The fourth-order valence-corrected chi connectivity index (χ4v) is 5.26. The zero-order valence-electron chi connectivity index (χ0n) is 19.0. The number of anilines is 2. The molecule has 1 nitrogen and oxygen atoms in total. The van der Waals surface area contributed by atoms with Gasteiger partial charge in [-0.25, -0.2) is 0 Å². The van der Waals surface area contributed by atoms with Gasteiger partial charge in [-0.3, -0.25) is 0 Å². The van der Waals surface area contributed by atoms with Gasteiger partial charge in [0.2, 0.25) is 0 Å². The molecule has 5 rings (SSSR count). The lowest BCUT2D eigenvalue weighted by atomic mass is 9.68. The van der Waals surface area contributed by atoms with E-state index in [2.05, 4.69) is 116 Å². The average molecular weight is 426 g/mol. The number of hydrogen-bond donors (Lipinski definition) is 0. The lowest BCUT2D eigenvalue weighted by Gasteiger charge is -2.34. The third kappa shape index (κ3) is 3.08. The fourth-order valence-electron chi connectivity index (χ4n) is 5.26. The number of nitrogens with zero attached hydrogens (tertiary/aromatic N) is 1. The molecule has 4 aromatic rings. The Bertz CT molecular complexity index is 1310. The number of hydrogen-bond acceptors (Lipinski definition) is 1. The Balaban J connectivity index is 1.69. The second-order valence-corrected chi connectivity index (χ2v) is 8.53. The van der Waals surface area contributed by atoms with E-state index in [1.165, 1.54) is 27.8 Å². The van der Waals surface area contributed by atoms with E-state index in [1.807, 2.05) is 18.2 Å². The first kappa shape index (κ1) is 20.8. The second kappa shape index (κ2) is 8.11. The van der Waals surface area contributed by atoms with Gasteiger partial charge in [0.25, 0.3) is 0 Å². The fraction of sp³-hybridized carbons (Fsp3) is 0.0625. The van der Waals surface area contributed by atoms with Crippen molar-refractivity contribution in [3.8, 4) is 11.1 Å². The van der Waals surface area contributed by atoms with E-state index < -0.39 is 0 Å². The summed E-state index contributed by atoms with van der Waals surface area (Å²) in [6.45, 7) is 14.8. The summed E-state index contributed by atoms with van der Waals surface area (Å²) in [4.78, 5) is 2.13. The third-order valence-electron chi connectivity index (χ3n) is 6.69. The normalized spacial score (nSPS) is 13.0. The van der Waals surface area contributed by atoms with Gasteiger partial charge in [-0.2, -0.15) is 0 Å². The lowest BCUT2D eigenvalue weighted by molar-refractivity contribution is 0.750. The van der Waals surface area contributed by atoms with Crippen molar-refractivity contribution in [3.05, 3.63) is 157 Å². The Morgan fingerprint density at radius 2 is 1.15 bits per heavy atom. The summed E-state index contributed by atoms with van der Waals surface area (Å²) in [5, 5.41) is 0. The molecule has 0 saturated heterocycles. The molecular weight excluding hydrogens is 398 g/mol. The standard InChI is InChI=1S/C32H27N/c1-5-24(4)33(26-13-7-6-8-14-26)27-21-19-25(20-22-27)32(23(2)3)30-17-11-9-15-28(30)29-16-10-12-18-31(29)32/h5-22H,1-2,4H2,3H3. The van der Waals surface area contributed by atoms with Crippen LogP contribution in [-0.2, 0) is 5.41 Å². The monoisotopic (exact) mass is 425 g/mol. The largest absolute Gasteiger partial charge is 0.311 e. The van der Waals surface area contributed by atoms with Gasteiger partial charge in [-0.05, 0) is 65.1 Å². The predicted octanol–water partition coefficient (Wildman–Crippen LogP) is 8.42. The number of rotatable bonds is 6. The van der Waals surface area contributed by atoms with Crippen molar-refractivity contribution < 1.29 is 0 Å². The van der Waals surface area contributed by atoms with Crippen molar-refractivity contribution in [1.29, 1.82) is 0 Å². The highest BCUT2D eigenvalue weighted by molar-refractivity contribution is 5.86. The van der Waals surface area contributed by atoms with Crippen molar-refractivity contribution in [2.24, 2.45) is 0 Å². The minimum atomic E-state index is -0.376. The van der Waals surface area contributed by atoms with Crippen LogP contribution in [0.1, 0.15) is 23.6 Å². The van der Waals surface area contributed by atoms with Gasteiger partial charge in [0.05, 0.1) is 5.41 Å². The summed E-state index contributed by atoms with van der Waals surface area (Å²) in [6.07, 6.45) is 1.79. The van der Waals surface area contributed by atoms with E-state index in [9.17, 15) is 0 Å². The number of benzene rings is 4. The summed E-state index contributed by atoms with van der Waals surface area (Å²) in [5.74, 6) is 0. The van der Waals surface area contributed by atoms with Crippen LogP contribution in [0.3, 0.4) is 0 Å². The van der Waals surface area contributed by atoms with Crippen LogP contribution in [0.4, 0.5) is 11.4 Å². The van der Waals surface area contributed by atoms with E-state index in [4.69, 9.17) is 0 Å². The first-order chi connectivity index (χ1) is 16.1. The first-order valence-corrected chi connectivity index (χ1v) is 11.2. The maximum atomic E-state index is 4.49. The van der Waals surface area contributed by atoms with Crippen LogP contribution in [0, 0.1) is 0 Å². The lowest BCUT2D eigenvalue weighted by Crippen LogP contribution is -2.28. The minimum absolute atomic E-state index is 0.376. The maximum absolute atomic E-state index is 4.49. The van der Waals surface area contributed by atoms with Crippen LogP contribution >= 0.6 is 0 Å². The Hall–Kier alpha value is -4.10. The van der Waals surface area contributed by atoms with Crippen molar-refractivity contribution in [2.45, 2.75) is 12.3 Å². The molecule has 0 bridgehead atoms. The highest BCUT2D eigenvalue weighted by Gasteiger charge is 2.45. The topological polar surface area (TPSA) is 3.24 Å². The SMILES string of the molecule is C=CC(=C)N(c1ccccc1)c1ccc(C2(C(=C)C)c3ccccc3-c3ccccc32)cc1. The summed E-state index contributed by atoms with van der Waals surface area (Å²) < 4.78 is 0. The van der Waals surface area contributed by atoms with Crippen LogP contribution in [0.2, 0.25) is 0 Å². The molecule has 4 aromatic carbocycles. The number of para-hydroxylation sites is 1. The molecule has 0 spiro atoms. The summed E-state index contributed by atoms with van der Waals surface area (Å²) in [5.41, 5.74) is 10.0. The van der Waals surface area contributed by atoms with Crippen LogP contribution in [0.25, 0.3) is 11.1 Å². The Kier molecular flexibility index (Phi) is 5.11. The van der Waals surface area contributed by atoms with Crippen LogP contribution in [-0.4, -0.2) is 0 Å². The minimum Gasteiger partial charge on any atom is -0.311 e. The first-order valence-electron chi connectivity index (χ1n) is 11.2. The van der Waals surface area contributed by atoms with Gasteiger partial charge in [0, 0.05) is 17.1 Å². The Labute approximate surface area is 196 Å². The predicted molar refractivity (Wildman–Crippen MR) is 141 cm³/mol. The average Bonchev–Trinajstić information content (AvgIpc) is 3.17. The molecule has 160 valence electrons. The molecule has 1 aliphatic rings. The Morgan fingerprint density at radius 3 is 1.67 bits per heavy atom. The van der Waals surface area contributed by atoms with E-state index in [0.29, 0.717) is 0 Å². The molecule has 0 aliphatic heterocycles. The highest BCUT2D eigenvalue weighted by Crippen LogP contribution is 2.55. The van der Waals surface area contributed by atoms with Gasteiger partial charge < -0.3 is 4.90 Å². The van der Waals surface area contributed by atoms with Crippen molar-refractivity contribution >= 4 is 11.4 Å². The molecule has 0 aromatic heterocycles. The molecule has 33 heavy (non-hydrogen) atoms. The van der Waals surface area contributed by atoms with E-state index in [-0.39, 0.29) is 5.41 Å². The van der Waals surface area contributed by atoms with Crippen molar-refractivity contribution in [3.63, 3.8) is 0 Å². The molecule has 0 atom stereocenters. The number of allylic oxidation sites excluding steroid dienone is 2. The molecule has 1 heteroatoms. The quantitative estimate of drug-likeness (QED) is 0.221. The molecular formula is C32H27N. The third-order valence-corrected chi connectivity index (χ3v) is 6.69. The van der Waals surface area contributed by atoms with E-state index >= 15 is 0 Å². The molecule has 0 fully saturated rings. The maximum Gasteiger partial charge on any atom is 0.0668 e. The van der Waals surface area contributed by atoms with E-state index in [0.717, 1.165) is 22.6 Å². The molecule has 0 radical (unpaired) electrons. The van der Waals surface area contributed by atoms with Crippen LogP contribution < -0.4 is 4.90 Å². The molecule has 0 heterocycles. The van der Waals surface area contributed by atoms with E-state index in [1.54, 1.807) is 6.08 Å². The molecule has 0 saturated carbocycles. The molecule has 0 N–H and O–H groups in total. The van der Waals surface area contributed by atoms with Crippen LogP contribution in [0.5, 0.6) is 0 Å².